The van der Waals surface area contributed by atoms with Gasteiger partial charge >= 0.3 is 0 Å². The third-order valence-electron chi connectivity index (χ3n) is 7.03. The molecule has 32 heavy (non-hydrogen) atoms. The first-order valence-corrected chi connectivity index (χ1v) is 11.7. The summed E-state index contributed by atoms with van der Waals surface area (Å²) in [5.41, 5.74) is 1.87. The van der Waals surface area contributed by atoms with Gasteiger partial charge in [0.05, 0.1) is 25.2 Å². The lowest BCUT2D eigenvalue weighted by Gasteiger charge is -2.30. The fourth-order valence-corrected chi connectivity index (χ4v) is 5.30. The minimum Gasteiger partial charge on any atom is -0.392 e. The number of imidazole rings is 1. The molecule has 4 atom stereocenters. The van der Waals surface area contributed by atoms with E-state index in [4.69, 9.17) is 9.47 Å². The van der Waals surface area contributed by atoms with Gasteiger partial charge in [-0.3, -0.25) is 4.79 Å². The van der Waals surface area contributed by atoms with Gasteiger partial charge in [0.1, 0.15) is 5.82 Å². The summed E-state index contributed by atoms with van der Waals surface area (Å²) in [6, 6.07) is 10.3. The van der Waals surface area contributed by atoms with Gasteiger partial charge in [-0.25, -0.2) is 4.98 Å². The second kappa shape index (κ2) is 9.70. The van der Waals surface area contributed by atoms with Crippen LogP contribution in [0.4, 0.5) is 0 Å². The first-order chi connectivity index (χ1) is 15.7. The Hall–Kier alpha value is -2.26. The van der Waals surface area contributed by atoms with E-state index in [1.54, 1.807) is 0 Å². The van der Waals surface area contributed by atoms with Crippen molar-refractivity contribution in [1.82, 2.24) is 20.2 Å². The maximum atomic E-state index is 13.3. The van der Waals surface area contributed by atoms with Crippen LogP contribution in [-0.2, 0) is 14.3 Å². The number of hydrogen-bond acceptors (Lipinski definition) is 6. The van der Waals surface area contributed by atoms with Crippen molar-refractivity contribution >= 4 is 5.91 Å². The number of aromatic nitrogens is 2. The number of benzene rings is 1. The molecule has 1 saturated carbocycles. The van der Waals surface area contributed by atoms with E-state index in [2.05, 4.69) is 15.3 Å². The van der Waals surface area contributed by atoms with Gasteiger partial charge < -0.3 is 29.8 Å². The van der Waals surface area contributed by atoms with Crippen molar-refractivity contribution in [3.05, 3.63) is 42.2 Å². The number of aliphatic hydroxyl groups is 1. The van der Waals surface area contributed by atoms with Crippen LogP contribution in [0.5, 0.6) is 0 Å². The van der Waals surface area contributed by atoms with Crippen LogP contribution in [0.3, 0.4) is 0 Å². The molecule has 172 valence electrons. The number of ether oxygens (including phenoxy) is 2. The van der Waals surface area contributed by atoms with E-state index in [0.717, 1.165) is 43.1 Å². The van der Waals surface area contributed by atoms with Crippen LogP contribution < -0.4 is 5.32 Å². The van der Waals surface area contributed by atoms with Crippen molar-refractivity contribution in [3.63, 3.8) is 0 Å². The standard InChI is InChI=1S/C24H32N4O4/c29-22-18(24(30)28-8-12-32-13-9-28)14-19(26-17-6-10-31-11-7-17)21(22)20-15-25-23(27-20)16-4-2-1-3-5-16/h1-5,15,17-19,21-22,26,29H,6-14H2,(H,25,27)/t18-,19+,21+,22+/m0/s1. The molecule has 3 N–H and O–H groups in total. The Morgan fingerprint density at radius 2 is 1.81 bits per heavy atom. The second-order valence-electron chi connectivity index (χ2n) is 9.01. The van der Waals surface area contributed by atoms with Gasteiger partial charge in [0.2, 0.25) is 5.91 Å². The molecule has 1 aromatic carbocycles. The maximum Gasteiger partial charge on any atom is 0.228 e. The Bertz CT molecular complexity index is 892. The van der Waals surface area contributed by atoms with Crippen molar-refractivity contribution in [3.8, 4) is 11.4 Å². The molecular weight excluding hydrogens is 408 g/mol. The lowest BCUT2D eigenvalue weighted by molar-refractivity contribution is -0.142. The predicted molar refractivity (Wildman–Crippen MR) is 119 cm³/mol. The Morgan fingerprint density at radius 3 is 2.56 bits per heavy atom. The lowest BCUT2D eigenvalue weighted by Crippen LogP contribution is -2.45. The number of carbonyl (C=O) groups is 1. The summed E-state index contributed by atoms with van der Waals surface area (Å²) < 4.78 is 10.9. The zero-order valence-corrected chi connectivity index (χ0v) is 18.3. The number of nitrogens with one attached hydrogen (secondary N) is 2. The molecule has 8 heteroatoms. The minimum absolute atomic E-state index is 0.00726. The largest absolute Gasteiger partial charge is 0.392 e. The molecule has 0 bridgehead atoms. The third kappa shape index (κ3) is 4.45. The zero-order valence-electron chi connectivity index (χ0n) is 18.3. The molecule has 0 unspecified atom stereocenters. The molecule has 0 spiro atoms. The summed E-state index contributed by atoms with van der Waals surface area (Å²) in [4.78, 5) is 23.1. The molecule has 1 amide bonds. The predicted octanol–water partition coefficient (Wildman–Crippen LogP) is 1.54. The van der Waals surface area contributed by atoms with E-state index in [1.807, 2.05) is 41.4 Å². The number of aromatic amines is 1. The summed E-state index contributed by atoms with van der Waals surface area (Å²) in [5, 5.41) is 15.1. The summed E-state index contributed by atoms with van der Waals surface area (Å²) in [5.74, 6) is 0.155. The fourth-order valence-electron chi connectivity index (χ4n) is 5.30. The number of nitrogens with zero attached hydrogens (tertiary/aromatic N) is 2. The monoisotopic (exact) mass is 440 g/mol. The second-order valence-corrected chi connectivity index (χ2v) is 9.01. The van der Waals surface area contributed by atoms with Gasteiger partial charge in [-0.05, 0) is 19.3 Å². The SMILES string of the molecule is O=C([C@H]1C[C@@H](NC2CCOCC2)[C@H](c2cnc(-c3ccccc3)[nH]2)[C@@H]1O)N1CCOCC1. The summed E-state index contributed by atoms with van der Waals surface area (Å²) in [7, 11) is 0. The van der Waals surface area contributed by atoms with E-state index >= 15 is 0 Å². The summed E-state index contributed by atoms with van der Waals surface area (Å²) >= 11 is 0. The number of rotatable bonds is 5. The molecular formula is C24H32N4O4. The number of carbonyl (C=O) groups excluding carboxylic acids is 1. The molecule has 5 rings (SSSR count). The van der Waals surface area contributed by atoms with E-state index in [9.17, 15) is 9.90 Å². The van der Waals surface area contributed by atoms with Crippen LogP contribution in [0.15, 0.2) is 36.5 Å². The molecule has 3 heterocycles. The molecule has 2 aliphatic heterocycles. The highest BCUT2D eigenvalue weighted by atomic mass is 16.5. The molecule has 2 aromatic rings. The number of hydrogen-bond donors (Lipinski definition) is 3. The molecule has 1 aliphatic carbocycles. The van der Waals surface area contributed by atoms with Crippen LogP contribution in [0.25, 0.3) is 11.4 Å². The molecule has 0 radical (unpaired) electrons. The maximum absolute atomic E-state index is 13.3. The van der Waals surface area contributed by atoms with Crippen molar-refractivity contribution < 1.29 is 19.4 Å². The highest BCUT2D eigenvalue weighted by Crippen LogP contribution is 2.40. The van der Waals surface area contributed by atoms with E-state index < -0.39 is 12.0 Å². The Balaban J connectivity index is 1.39. The van der Waals surface area contributed by atoms with E-state index in [1.165, 1.54) is 0 Å². The topological polar surface area (TPSA) is 99.7 Å². The van der Waals surface area contributed by atoms with Crippen LogP contribution in [0, 0.1) is 5.92 Å². The average molecular weight is 441 g/mol. The van der Waals surface area contributed by atoms with Gasteiger partial charge in [-0.1, -0.05) is 30.3 Å². The van der Waals surface area contributed by atoms with Crippen LogP contribution >= 0.6 is 0 Å². The number of amides is 1. The fraction of sp³-hybridized carbons (Fsp3) is 0.583. The Morgan fingerprint density at radius 1 is 1.09 bits per heavy atom. The normalized spacial score (nSPS) is 29.3. The quantitative estimate of drug-likeness (QED) is 0.652. The number of H-pyrrole nitrogens is 1. The van der Waals surface area contributed by atoms with Crippen LogP contribution in [-0.4, -0.2) is 83.6 Å². The molecule has 1 aromatic heterocycles. The zero-order chi connectivity index (χ0) is 21.9. The van der Waals surface area contributed by atoms with Gasteiger partial charge in [0, 0.05) is 61.8 Å². The van der Waals surface area contributed by atoms with Gasteiger partial charge in [-0.2, -0.15) is 0 Å². The third-order valence-corrected chi connectivity index (χ3v) is 7.03. The minimum atomic E-state index is -0.772. The first kappa shape index (κ1) is 21.6. The first-order valence-electron chi connectivity index (χ1n) is 11.7. The van der Waals surface area contributed by atoms with Gasteiger partial charge in [0.15, 0.2) is 0 Å². The molecule has 2 saturated heterocycles. The highest BCUT2D eigenvalue weighted by molar-refractivity contribution is 5.80. The van der Waals surface area contributed by atoms with Crippen molar-refractivity contribution in [2.75, 3.05) is 39.5 Å². The molecule has 3 fully saturated rings. The Labute approximate surface area is 188 Å². The number of morpholine rings is 1. The average Bonchev–Trinajstić information content (AvgIpc) is 3.45. The van der Waals surface area contributed by atoms with Crippen molar-refractivity contribution in [2.24, 2.45) is 5.92 Å². The van der Waals surface area contributed by atoms with Crippen molar-refractivity contribution in [1.29, 1.82) is 0 Å². The smallest absolute Gasteiger partial charge is 0.228 e. The van der Waals surface area contributed by atoms with Gasteiger partial charge in [0.25, 0.3) is 0 Å². The van der Waals surface area contributed by atoms with E-state index in [0.29, 0.717) is 38.8 Å². The van der Waals surface area contributed by atoms with Gasteiger partial charge in [-0.15, -0.1) is 0 Å². The highest BCUT2D eigenvalue weighted by Gasteiger charge is 2.48. The van der Waals surface area contributed by atoms with Crippen molar-refractivity contribution in [2.45, 2.75) is 43.4 Å². The molecule has 8 nitrogen and oxygen atoms in total. The summed E-state index contributed by atoms with van der Waals surface area (Å²) in [6.07, 6.45) is 3.54. The van der Waals surface area contributed by atoms with E-state index in [-0.39, 0.29) is 17.9 Å². The lowest BCUT2D eigenvalue weighted by atomic mass is 9.95. The number of aliphatic hydroxyl groups excluding tert-OH is 1. The van der Waals surface area contributed by atoms with Crippen LogP contribution in [0.2, 0.25) is 0 Å². The van der Waals surface area contributed by atoms with Crippen LogP contribution in [0.1, 0.15) is 30.9 Å². The Kier molecular flexibility index (Phi) is 6.54. The molecule has 3 aliphatic rings. The summed E-state index contributed by atoms with van der Waals surface area (Å²) in [6.45, 7) is 3.79.